The molecular formula is C24H26N4S. The molecule has 0 aliphatic rings. The van der Waals surface area contributed by atoms with Gasteiger partial charge in [0.15, 0.2) is 0 Å². The molecule has 0 saturated heterocycles. The number of benzene rings is 4. The number of nitrogen functional groups attached to an aromatic ring is 4. The molecule has 29 heavy (non-hydrogen) atoms. The van der Waals surface area contributed by atoms with Crippen molar-refractivity contribution in [2.24, 2.45) is 0 Å². The monoisotopic (exact) mass is 402 g/mol. The fourth-order valence-corrected chi connectivity index (χ4v) is 2.70. The van der Waals surface area contributed by atoms with Gasteiger partial charge in [0, 0.05) is 22.7 Å². The van der Waals surface area contributed by atoms with Gasteiger partial charge in [0.05, 0.1) is 0 Å². The molecule has 0 saturated carbocycles. The SMILES string of the molecule is Nc1ccc(-c2ccc(N)cc2)cc1.Nc1ccc(-c2ccc(N)cc2)cc1.S. The number of hydrogen-bond donors (Lipinski definition) is 4. The number of hydrogen-bond acceptors (Lipinski definition) is 4. The molecule has 0 unspecified atom stereocenters. The van der Waals surface area contributed by atoms with Crippen LogP contribution in [0.3, 0.4) is 0 Å². The van der Waals surface area contributed by atoms with E-state index in [1.54, 1.807) is 0 Å². The standard InChI is InChI=1S/2C12H12N2.H2S/c2*13-11-5-1-9(2-6-11)10-3-7-12(14)8-4-10;/h2*1-8H,13-14H2;1H2. The first-order chi connectivity index (χ1) is 13.5. The van der Waals surface area contributed by atoms with Crippen molar-refractivity contribution in [3.8, 4) is 22.3 Å². The third kappa shape index (κ3) is 6.23. The van der Waals surface area contributed by atoms with E-state index in [0.717, 1.165) is 45.0 Å². The summed E-state index contributed by atoms with van der Waals surface area (Å²) >= 11 is 0. The minimum atomic E-state index is 0. The zero-order valence-electron chi connectivity index (χ0n) is 16.0. The van der Waals surface area contributed by atoms with Gasteiger partial charge in [-0.3, -0.25) is 0 Å². The summed E-state index contributed by atoms with van der Waals surface area (Å²) in [6.45, 7) is 0. The Morgan fingerprint density at radius 2 is 0.414 bits per heavy atom. The van der Waals surface area contributed by atoms with Crippen molar-refractivity contribution >= 4 is 36.2 Å². The smallest absolute Gasteiger partial charge is 0.0314 e. The van der Waals surface area contributed by atoms with E-state index >= 15 is 0 Å². The van der Waals surface area contributed by atoms with Gasteiger partial charge in [0.1, 0.15) is 0 Å². The topological polar surface area (TPSA) is 104 Å². The molecule has 0 aromatic heterocycles. The Labute approximate surface area is 178 Å². The molecule has 4 aromatic carbocycles. The van der Waals surface area contributed by atoms with Crippen molar-refractivity contribution in [3.05, 3.63) is 97.1 Å². The molecule has 0 aliphatic carbocycles. The van der Waals surface area contributed by atoms with Gasteiger partial charge in [-0.25, -0.2) is 0 Å². The van der Waals surface area contributed by atoms with Gasteiger partial charge in [-0.05, 0) is 70.8 Å². The Morgan fingerprint density at radius 3 is 0.552 bits per heavy atom. The van der Waals surface area contributed by atoms with Crippen LogP contribution in [0.5, 0.6) is 0 Å². The maximum atomic E-state index is 5.61. The molecule has 0 amide bonds. The molecule has 5 heteroatoms. The lowest BCUT2D eigenvalue weighted by Crippen LogP contribution is -1.85. The molecule has 4 aromatic rings. The highest BCUT2D eigenvalue weighted by Crippen LogP contribution is 2.22. The zero-order chi connectivity index (χ0) is 19.9. The predicted octanol–water partition coefficient (Wildman–Crippen LogP) is 5.15. The fraction of sp³-hybridized carbons (Fsp3) is 0. The van der Waals surface area contributed by atoms with Gasteiger partial charge in [-0.2, -0.15) is 13.5 Å². The quantitative estimate of drug-likeness (QED) is 0.348. The van der Waals surface area contributed by atoms with Gasteiger partial charge < -0.3 is 22.9 Å². The Kier molecular flexibility index (Phi) is 7.57. The maximum Gasteiger partial charge on any atom is 0.0314 e. The van der Waals surface area contributed by atoms with Crippen molar-refractivity contribution < 1.29 is 0 Å². The summed E-state index contributed by atoms with van der Waals surface area (Å²) in [5, 5.41) is 0. The van der Waals surface area contributed by atoms with E-state index in [2.05, 4.69) is 0 Å². The molecule has 8 N–H and O–H groups in total. The van der Waals surface area contributed by atoms with Gasteiger partial charge in [0.25, 0.3) is 0 Å². The zero-order valence-corrected chi connectivity index (χ0v) is 17.0. The summed E-state index contributed by atoms with van der Waals surface area (Å²) in [6, 6.07) is 31.2. The van der Waals surface area contributed by atoms with E-state index in [-0.39, 0.29) is 13.5 Å². The molecule has 0 aliphatic heterocycles. The minimum Gasteiger partial charge on any atom is -0.399 e. The summed E-state index contributed by atoms with van der Waals surface area (Å²) in [7, 11) is 0. The largest absolute Gasteiger partial charge is 0.399 e. The van der Waals surface area contributed by atoms with E-state index in [4.69, 9.17) is 22.9 Å². The normalized spacial score (nSPS) is 9.66. The van der Waals surface area contributed by atoms with Crippen LogP contribution in [-0.2, 0) is 0 Å². The lowest BCUT2D eigenvalue weighted by Gasteiger charge is -2.02. The highest BCUT2D eigenvalue weighted by Gasteiger charge is 1.97. The van der Waals surface area contributed by atoms with E-state index in [1.165, 1.54) is 0 Å². The third-order valence-corrected chi connectivity index (χ3v) is 4.31. The summed E-state index contributed by atoms with van der Waals surface area (Å²) in [5.74, 6) is 0. The van der Waals surface area contributed by atoms with Crippen molar-refractivity contribution in [3.63, 3.8) is 0 Å². The van der Waals surface area contributed by atoms with Gasteiger partial charge in [-0.1, -0.05) is 48.5 Å². The Balaban J connectivity index is 0.000000200. The average molecular weight is 403 g/mol. The second-order valence-corrected chi connectivity index (χ2v) is 6.49. The first kappa shape index (κ1) is 21.7. The first-order valence-electron chi connectivity index (χ1n) is 8.94. The molecule has 0 bridgehead atoms. The number of anilines is 4. The summed E-state index contributed by atoms with van der Waals surface area (Å²) in [6.07, 6.45) is 0. The molecular weight excluding hydrogens is 376 g/mol. The summed E-state index contributed by atoms with van der Waals surface area (Å²) < 4.78 is 0. The predicted molar refractivity (Wildman–Crippen MR) is 132 cm³/mol. The van der Waals surface area contributed by atoms with Crippen LogP contribution in [-0.4, -0.2) is 0 Å². The van der Waals surface area contributed by atoms with Crippen LogP contribution < -0.4 is 22.9 Å². The molecule has 4 rings (SSSR count). The minimum absolute atomic E-state index is 0. The Morgan fingerprint density at radius 1 is 0.276 bits per heavy atom. The molecule has 4 nitrogen and oxygen atoms in total. The van der Waals surface area contributed by atoms with Crippen molar-refractivity contribution in [2.45, 2.75) is 0 Å². The molecule has 0 fully saturated rings. The van der Waals surface area contributed by atoms with Crippen molar-refractivity contribution in [2.75, 3.05) is 22.9 Å². The van der Waals surface area contributed by atoms with Crippen LogP contribution in [0.4, 0.5) is 22.7 Å². The number of rotatable bonds is 2. The highest BCUT2D eigenvalue weighted by molar-refractivity contribution is 7.59. The average Bonchev–Trinajstić information content (AvgIpc) is 2.71. The molecule has 148 valence electrons. The second kappa shape index (κ2) is 10.1. The molecule has 0 spiro atoms. The van der Waals surface area contributed by atoms with Crippen LogP contribution >= 0.6 is 13.5 Å². The third-order valence-electron chi connectivity index (χ3n) is 4.31. The lowest BCUT2D eigenvalue weighted by molar-refractivity contribution is 1.61. The van der Waals surface area contributed by atoms with Gasteiger partial charge in [0.2, 0.25) is 0 Å². The van der Waals surface area contributed by atoms with Gasteiger partial charge >= 0.3 is 0 Å². The summed E-state index contributed by atoms with van der Waals surface area (Å²) in [5.41, 5.74) is 30.2. The first-order valence-corrected chi connectivity index (χ1v) is 8.94. The Hall–Kier alpha value is -3.57. The van der Waals surface area contributed by atoms with Crippen molar-refractivity contribution in [1.29, 1.82) is 0 Å². The molecule has 0 atom stereocenters. The Bertz CT molecular complexity index is 836. The lowest BCUT2D eigenvalue weighted by atomic mass is 10.1. The van der Waals surface area contributed by atoms with Crippen LogP contribution in [0.15, 0.2) is 97.1 Å². The van der Waals surface area contributed by atoms with Gasteiger partial charge in [-0.15, -0.1) is 0 Å². The fourth-order valence-electron chi connectivity index (χ4n) is 2.70. The summed E-state index contributed by atoms with van der Waals surface area (Å²) in [4.78, 5) is 0. The van der Waals surface area contributed by atoms with Crippen LogP contribution in [0.25, 0.3) is 22.3 Å². The van der Waals surface area contributed by atoms with Crippen LogP contribution in [0.2, 0.25) is 0 Å². The van der Waals surface area contributed by atoms with E-state index in [0.29, 0.717) is 0 Å². The number of nitrogens with two attached hydrogens (primary N) is 4. The maximum absolute atomic E-state index is 5.61. The van der Waals surface area contributed by atoms with E-state index in [9.17, 15) is 0 Å². The highest BCUT2D eigenvalue weighted by atomic mass is 32.1. The van der Waals surface area contributed by atoms with Crippen LogP contribution in [0.1, 0.15) is 0 Å². The van der Waals surface area contributed by atoms with Crippen LogP contribution in [0, 0.1) is 0 Å². The second-order valence-electron chi connectivity index (χ2n) is 6.49. The van der Waals surface area contributed by atoms with Crippen molar-refractivity contribution in [1.82, 2.24) is 0 Å². The molecule has 0 heterocycles. The van der Waals surface area contributed by atoms with E-state index in [1.807, 2.05) is 97.1 Å². The molecule has 0 radical (unpaired) electrons. The van der Waals surface area contributed by atoms with E-state index < -0.39 is 0 Å².